The fourth-order valence-corrected chi connectivity index (χ4v) is 1.93. The first-order valence-corrected chi connectivity index (χ1v) is 5.31. The van der Waals surface area contributed by atoms with Gasteiger partial charge in [-0.25, -0.2) is 4.68 Å². The van der Waals surface area contributed by atoms with E-state index in [4.69, 9.17) is 23.2 Å². The van der Waals surface area contributed by atoms with Gasteiger partial charge in [-0.05, 0) is 37.6 Å². The van der Waals surface area contributed by atoms with Crippen molar-refractivity contribution in [3.8, 4) is 5.69 Å². The lowest BCUT2D eigenvalue weighted by molar-refractivity contribution is 0.846. The maximum absolute atomic E-state index is 5.93. The minimum absolute atomic E-state index is 0.616. The van der Waals surface area contributed by atoms with Crippen LogP contribution in [0.1, 0.15) is 11.3 Å². The van der Waals surface area contributed by atoms with Crippen LogP contribution in [0.4, 0.5) is 0 Å². The van der Waals surface area contributed by atoms with E-state index < -0.39 is 0 Å². The first kappa shape index (κ1) is 10.5. The van der Waals surface area contributed by atoms with Crippen LogP contribution >= 0.6 is 23.2 Å². The molecular weight excluding hydrogens is 231 g/mol. The third-order valence-electron chi connectivity index (χ3n) is 2.35. The molecule has 0 aliphatic rings. The summed E-state index contributed by atoms with van der Waals surface area (Å²) in [5.41, 5.74) is 3.12. The molecular formula is C11H10Cl2N2. The topological polar surface area (TPSA) is 17.8 Å². The molecule has 0 aliphatic heterocycles. The summed E-state index contributed by atoms with van der Waals surface area (Å²) >= 11 is 11.9. The van der Waals surface area contributed by atoms with Crippen molar-refractivity contribution in [1.29, 1.82) is 0 Å². The Balaban J connectivity index is 2.58. The summed E-state index contributed by atoms with van der Waals surface area (Å²) in [4.78, 5) is 0. The van der Waals surface area contributed by atoms with Gasteiger partial charge < -0.3 is 0 Å². The largest absolute Gasteiger partial charge is 0.238 e. The van der Waals surface area contributed by atoms with E-state index in [1.807, 2.05) is 36.9 Å². The molecule has 0 bridgehead atoms. The molecule has 2 aromatic rings. The fraction of sp³-hybridized carbons (Fsp3) is 0.182. The molecule has 0 N–H and O–H groups in total. The standard InChI is InChI=1S/C11H10Cl2N2/c1-7-6-14-15(8(7)2)11-4-9(12)3-10(13)5-11/h3-6H,1-2H3. The van der Waals surface area contributed by atoms with Gasteiger partial charge in [0.25, 0.3) is 0 Å². The van der Waals surface area contributed by atoms with Crippen LogP contribution in [0.2, 0.25) is 10.0 Å². The zero-order chi connectivity index (χ0) is 11.0. The third-order valence-corrected chi connectivity index (χ3v) is 2.78. The second kappa shape index (κ2) is 3.87. The van der Waals surface area contributed by atoms with E-state index in [0.29, 0.717) is 10.0 Å². The van der Waals surface area contributed by atoms with Gasteiger partial charge in [0.1, 0.15) is 0 Å². The zero-order valence-corrected chi connectivity index (χ0v) is 9.97. The predicted molar refractivity (Wildman–Crippen MR) is 63.1 cm³/mol. The second-order valence-corrected chi connectivity index (χ2v) is 4.33. The average molecular weight is 241 g/mol. The van der Waals surface area contributed by atoms with Gasteiger partial charge >= 0.3 is 0 Å². The maximum atomic E-state index is 5.93. The van der Waals surface area contributed by atoms with E-state index in [-0.39, 0.29) is 0 Å². The molecule has 0 unspecified atom stereocenters. The number of hydrogen-bond acceptors (Lipinski definition) is 1. The summed E-state index contributed by atoms with van der Waals surface area (Å²) in [5, 5.41) is 5.50. The first-order chi connectivity index (χ1) is 7.08. The van der Waals surface area contributed by atoms with Gasteiger partial charge in [-0.1, -0.05) is 23.2 Å². The number of benzene rings is 1. The summed E-state index contributed by atoms with van der Waals surface area (Å²) in [6, 6.07) is 5.39. The molecule has 0 saturated heterocycles. The molecule has 0 spiro atoms. The molecule has 15 heavy (non-hydrogen) atoms. The van der Waals surface area contributed by atoms with E-state index >= 15 is 0 Å². The van der Waals surface area contributed by atoms with Crippen LogP contribution in [-0.4, -0.2) is 9.78 Å². The predicted octanol–water partition coefficient (Wildman–Crippen LogP) is 3.80. The highest BCUT2D eigenvalue weighted by atomic mass is 35.5. The molecule has 1 heterocycles. The van der Waals surface area contributed by atoms with E-state index in [9.17, 15) is 0 Å². The lowest BCUT2D eigenvalue weighted by Gasteiger charge is -2.05. The Morgan fingerprint density at radius 1 is 1.07 bits per heavy atom. The molecule has 0 radical (unpaired) electrons. The maximum Gasteiger partial charge on any atom is 0.0678 e. The molecule has 0 amide bonds. The van der Waals surface area contributed by atoms with Gasteiger partial charge in [-0.3, -0.25) is 0 Å². The lowest BCUT2D eigenvalue weighted by Crippen LogP contribution is -1.98. The second-order valence-electron chi connectivity index (χ2n) is 3.45. The van der Waals surface area contributed by atoms with Crippen LogP contribution in [-0.2, 0) is 0 Å². The highest BCUT2D eigenvalue weighted by Gasteiger charge is 2.06. The number of aromatic nitrogens is 2. The van der Waals surface area contributed by atoms with Gasteiger partial charge in [0.15, 0.2) is 0 Å². The molecule has 1 aromatic carbocycles. The molecule has 4 heteroatoms. The van der Waals surface area contributed by atoms with Crippen LogP contribution in [0.5, 0.6) is 0 Å². The van der Waals surface area contributed by atoms with Crippen molar-refractivity contribution in [2.45, 2.75) is 13.8 Å². The van der Waals surface area contributed by atoms with Crippen LogP contribution < -0.4 is 0 Å². The summed E-state index contributed by atoms with van der Waals surface area (Å²) in [6.45, 7) is 4.03. The quantitative estimate of drug-likeness (QED) is 0.742. The Labute approximate surface area is 98.4 Å². The Hall–Kier alpha value is -0.990. The van der Waals surface area contributed by atoms with Crippen molar-refractivity contribution in [3.63, 3.8) is 0 Å². The Morgan fingerprint density at radius 3 is 2.13 bits per heavy atom. The van der Waals surface area contributed by atoms with Crippen molar-refractivity contribution in [3.05, 3.63) is 45.7 Å². The fourth-order valence-electron chi connectivity index (χ4n) is 1.41. The number of hydrogen-bond donors (Lipinski definition) is 0. The summed E-state index contributed by atoms with van der Waals surface area (Å²) < 4.78 is 1.83. The van der Waals surface area contributed by atoms with E-state index in [2.05, 4.69) is 5.10 Å². The monoisotopic (exact) mass is 240 g/mol. The minimum atomic E-state index is 0.616. The molecule has 2 rings (SSSR count). The van der Waals surface area contributed by atoms with Gasteiger partial charge in [0.2, 0.25) is 0 Å². The lowest BCUT2D eigenvalue weighted by atomic mass is 10.3. The van der Waals surface area contributed by atoms with E-state index in [1.54, 1.807) is 6.07 Å². The average Bonchev–Trinajstić information content (AvgIpc) is 2.46. The van der Waals surface area contributed by atoms with Crippen molar-refractivity contribution in [1.82, 2.24) is 9.78 Å². The van der Waals surface area contributed by atoms with Gasteiger partial charge in [0.05, 0.1) is 11.9 Å². The van der Waals surface area contributed by atoms with Gasteiger partial charge in [-0.15, -0.1) is 0 Å². The van der Waals surface area contributed by atoms with Crippen LogP contribution in [0, 0.1) is 13.8 Å². The Kier molecular flexibility index (Phi) is 2.72. The molecule has 0 saturated carbocycles. The highest BCUT2D eigenvalue weighted by molar-refractivity contribution is 6.34. The smallest absolute Gasteiger partial charge is 0.0678 e. The molecule has 0 aliphatic carbocycles. The van der Waals surface area contributed by atoms with Gasteiger partial charge in [-0.2, -0.15) is 5.10 Å². The van der Waals surface area contributed by atoms with Crippen molar-refractivity contribution in [2.24, 2.45) is 0 Å². The Morgan fingerprint density at radius 2 is 1.67 bits per heavy atom. The molecule has 2 nitrogen and oxygen atoms in total. The Bertz CT molecular complexity index is 483. The molecule has 1 aromatic heterocycles. The first-order valence-electron chi connectivity index (χ1n) is 4.55. The van der Waals surface area contributed by atoms with Crippen molar-refractivity contribution >= 4 is 23.2 Å². The molecule has 78 valence electrons. The van der Waals surface area contributed by atoms with Crippen molar-refractivity contribution in [2.75, 3.05) is 0 Å². The number of aryl methyl sites for hydroxylation is 1. The SMILES string of the molecule is Cc1cnn(-c2cc(Cl)cc(Cl)c2)c1C. The summed E-state index contributed by atoms with van der Waals surface area (Å²) in [7, 11) is 0. The van der Waals surface area contributed by atoms with Crippen molar-refractivity contribution < 1.29 is 0 Å². The molecule has 0 atom stereocenters. The number of halogens is 2. The van der Waals surface area contributed by atoms with Crippen LogP contribution in [0.25, 0.3) is 5.69 Å². The number of nitrogens with zero attached hydrogens (tertiary/aromatic N) is 2. The van der Waals surface area contributed by atoms with E-state index in [0.717, 1.165) is 16.9 Å². The third kappa shape index (κ3) is 2.01. The summed E-state index contributed by atoms with van der Waals surface area (Å²) in [5.74, 6) is 0. The normalized spacial score (nSPS) is 10.7. The van der Waals surface area contributed by atoms with Gasteiger partial charge in [0, 0.05) is 15.7 Å². The minimum Gasteiger partial charge on any atom is -0.238 e. The summed E-state index contributed by atoms with van der Waals surface area (Å²) in [6.07, 6.45) is 1.82. The molecule has 0 fully saturated rings. The van der Waals surface area contributed by atoms with Crippen LogP contribution in [0.3, 0.4) is 0 Å². The highest BCUT2D eigenvalue weighted by Crippen LogP contribution is 2.22. The van der Waals surface area contributed by atoms with E-state index in [1.165, 1.54) is 0 Å². The zero-order valence-electron chi connectivity index (χ0n) is 8.46. The number of rotatable bonds is 1. The van der Waals surface area contributed by atoms with Crippen LogP contribution in [0.15, 0.2) is 24.4 Å².